The molecule has 0 spiro atoms. The van der Waals surface area contributed by atoms with Crippen molar-refractivity contribution in [3.05, 3.63) is 46.4 Å². The Labute approximate surface area is 192 Å². The van der Waals surface area contributed by atoms with Crippen LogP contribution in [0.25, 0.3) is 32.6 Å². The Morgan fingerprint density at radius 1 is 1.12 bits per heavy atom. The molecule has 0 amide bonds. The molecule has 5 rings (SSSR count). The molecule has 0 bridgehead atoms. The number of pyridine rings is 2. The second-order valence-electron chi connectivity index (χ2n) is 9.75. The highest BCUT2D eigenvalue weighted by Gasteiger charge is 2.27. The lowest BCUT2D eigenvalue weighted by molar-refractivity contribution is 0.174. The molecule has 0 saturated heterocycles. The summed E-state index contributed by atoms with van der Waals surface area (Å²) in [6, 6.07) is 10.6. The summed E-state index contributed by atoms with van der Waals surface area (Å²) in [6.45, 7) is 7.86. The molecule has 1 aliphatic heterocycles. The standard InChI is InChI=1S/C26H28N3O4/c1-26(2,3)24-22-17-11-15(31-6)7-8-16(17)25(30)29(10-9-28(4)5)23(22)18-12-20-21(33-14-32-20)13-19(18)27-24/h8,11-13H,9-10,14H2,1-6H3. The third-order valence-corrected chi connectivity index (χ3v) is 6.09. The highest BCUT2D eigenvalue weighted by molar-refractivity contribution is 6.16. The molecular formula is C26H28N3O4. The molecule has 3 heterocycles. The van der Waals surface area contributed by atoms with Crippen LogP contribution in [0.3, 0.4) is 0 Å². The van der Waals surface area contributed by atoms with Crippen molar-refractivity contribution in [2.75, 3.05) is 34.5 Å². The van der Waals surface area contributed by atoms with Gasteiger partial charge in [0.25, 0.3) is 5.56 Å². The number of methoxy groups -OCH3 is 1. The highest BCUT2D eigenvalue weighted by Crippen LogP contribution is 2.42. The van der Waals surface area contributed by atoms with Crippen LogP contribution in [0.2, 0.25) is 0 Å². The van der Waals surface area contributed by atoms with Gasteiger partial charge in [-0.05, 0) is 32.3 Å². The number of nitrogens with zero attached hydrogens (tertiary/aromatic N) is 3. The minimum atomic E-state index is -0.272. The number of fused-ring (bicyclic) bond motifs is 6. The van der Waals surface area contributed by atoms with Gasteiger partial charge in [0, 0.05) is 52.2 Å². The Kier molecular flexibility index (Phi) is 4.97. The first-order valence-corrected chi connectivity index (χ1v) is 11.0. The van der Waals surface area contributed by atoms with Gasteiger partial charge in [0.05, 0.1) is 23.8 Å². The predicted octanol–water partition coefficient (Wildman–Crippen LogP) is 4.10. The predicted molar refractivity (Wildman–Crippen MR) is 130 cm³/mol. The molecule has 0 atom stereocenters. The summed E-state index contributed by atoms with van der Waals surface area (Å²) in [6.07, 6.45) is 0. The molecule has 0 unspecified atom stereocenters. The van der Waals surface area contributed by atoms with E-state index in [0.29, 0.717) is 29.2 Å². The fourth-order valence-electron chi connectivity index (χ4n) is 4.45. The topological polar surface area (TPSA) is 65.8 Å². The summed E-state index contributed by atoms with van der Waals surface area (Å²) in [7, 11) is 5.62. The van der Waals surface area contributed by atoms with E-state index < -0.39 is 0 Å². The molecule has 33 heavy (non-hydrogen) atoms. The lowest BCUT2D eigenvalue weighted by Crippen LogP contribution is -2.28. The van der Waals surface area contributed by atoms with E-state index in [0.717, 1.165) is 39.4 Å². The van der Waals surface area contributed by atoms with Crippen molar-refractivity contribution >= 4 is 32.6 Å². The summed E-state index contributed by atoms with van der Waals surface area (Å²) in [5.74, 6) is 1.92. The van der Waals surface area contributed by atoms with Crippen LogP contribution in [0.5, 0.6) is 17.2 Å². The van der Waals surface area contributed by atoms with Gasteiger partial charge in [-0.1, -0.05) is 20.8 Å². The molecule has 1 radical (unpaired) electrons. The van der Waals surface area contributed by atoms with Crippen LogP contribution in [0, 0.1) is 6.07 Å². The van der Waals surface area contributed by atoms with E-state index in [1.807, 2.05) is 36.9 Å². The fourth-order valence-corrected chi connectivity index (χ4v) is 4.45. The van der Waals surface area contributed by atoms with Crippen molar-refractivity contribution < 1.29 is 14.2 Å². The normalized spacial score (nSPS) is 13.5. The average Bonchev–Trinajstić information content (AvgIpc) is 3.23. The van der Waals surface area contributed by atoms with Gasteiger partial charge in [0.2, 0.25) is 6.79 Å². The fraction of sp³-hybridized carbons (Fsp3) is 0.385. The van der Waals surface area contributed by atoms with Gasteiger partial charge in [-0.25, -0.2) is 0 Å². The van der Waals surface area contributed by atoms with Gasteiger partial charge < -0.3 is 23.7 Å². The van der Waals surface area contributed by atoms with Crippen molar-refractivity contribution in [1.29, 1.82) is 0 Å². The Hall–Kier alpha value is -3.32. The number of hydrogen-bond acceptors (Lipinski definition) is 6. The highest BCUT2D eigenvalue weighted by atomic mass is 16.7. The maximum Gasteiger partial charge on any atom is 0.259 e. The van der Waals surface area contributed by atoms with E-state index in [2.05, 4.69) is 31.7 Å². The Balaban J connectivity index is 2.05. The number of hydrogen-bond donors (Lipinski definition) is 0. The van der Waals surface area contributed by atoms with Gasteiger partial charge in [0.15, 0.2) is 11.5 Å². The Morgan fingerprint density at radius 3 is 2.52 bits per heavy atom. The molecule has 4 aromatic rings. The molecule has 2 aromatic carbocycles. The smallest absolute Gasteiger partial charge is 0.259 e. The molecule has 1 aliphatic rings. The van der Waals surface area contributed by atoms with Crippen molar-refractivity contribution in [3.8, 4) is 17.2 Å². The zero-order valence-corrected chi connectivity index (χ0v) is 19.9. The van der Waals surface area contributed by atoms with E-state index in [-0.39, 0.29) is 17.8 Å². The van der Waals surface area contributed by atoms with Crippen LogP contribution in [0.15, 0.2) is 29.1 Å². The number of likely N-dealkylation sites (N-methyl/N-ethyl adjacent to an activating group) is 1. The quantitative estimate of drug-likeness (QED) is 0.440. The summed E-state index contributed by atoms with van der Waals surface area (Å²) in [5.41, 5.74) is 2.23. The van der Waals surface area contributed by atoms with E-state index in [4.69, 9.17) is 19.2 Å². The maximum atomic E-state index is 13.8. The molecular weight excluding hydrogens is 418 g/mol. The third-order valence-electron chi connectivity index (χ3n) is 6.09. The lowest BCUT2D eigenvalue weighted by Gasteiger charge is -2.25. The number of benzene rings is 2. The summed E-state index contributed by atoms with van der Waals surface area (Å²) in [5, 5.41) is 3.25. The van der Waals surface area contributed by atoms with Gasteiger partial charge in [0.1, 0.15) is 5.75 Å². The first-order chi connectivity index (χ1) is 15.7. The molecule has 0 aliphatic carbocycles. The van der Waals surface area contributed by atoms with Crippen LogP contribution < -0.4 is 19.8 Å². The van der Waals surface area contributed by atoms with Gasteiger partial charge in [-0.3, -0.25) is 9.78 Å². The van der Waals surface area contributed by atoms with Crippen LogP contribution >= 0.6 is 0 Å². The number of rotatable bonds is 4. The van der Waals surface area contributed by atoms with Crippen molar-refractivity contribution in [2.45, 2.75) is 32.7 Å². The van der Waals surface area contributed by atoms with Crippen molar-refractivity contribution in [3.63, 3.8) is 0 Å². The summed E-state index contributed by atoms with van der Waals surface area (Å²) in [4.78, 5) is 21.0. The molecule has 0 fully saturated rings. The minimum Gasteiger partial charge on any atom is -0.496 e. The monoisotopic (exact) mass is 446 g/mol. The second-order valence-corrected chi connectivity index (χ2v) is 9.75. The van der Waals surface area contributed by atoms with Crippen LogP contribution in [0.1, 0.15) is 26.5 Å². The number of aromatic nitrogens is 2. The maximum absolute atomic E-state index is 13.8. The van der Waals surface area contributed by atoms with Crippen LogP contribution in [-0.2, 0) is 12.0 Å². The van der Waals surface area contributed by atoms with Crippen LogP contribution in [-0.4, -0.2) is 49.0 Å². The SMILES string of the molecule is COc1[c]cc2c(=O)n(CCN(C)C)c3c4cc5c(cc4nc(C(C)(C)C)c3c2c1)OCO5. The molecule has 171 valence electrons. The van der Waals surface area contributed by atoms with E-state index in [1.54, 1.807) is 13.2 Å². The van der Waals surface area contributed by atoms with E-state index in [9.17, 15) is 4.79 Å². The second kappa shape index (κ2) is 7.63. The van der Waals surface area contributed by atoms with Crippen molar-refractivity contribution in [2.24, 2.45) is 0 Å². The molecule has 0 N–H and O–H groups in total. The average molecular weight is 447 g/mol. The Bertz CT molecular complexity index is 1460. The molecule has 2 aromatic heterocycles. The lowest BCUT2D eigenvalue weighted by atomic mass is 9.86. The van der Waals surface area contributed by atoms with Crippen LogP contribution in [0.4, 0.5) is 0 Å². The number of ether oxygens (including phenoxy) is 3. The van der Waals surface area contributed by atoms with Gasteiger partial charge in [-0.2, -0.15) is 0 Å². The summed E-state index contributed by atoms with van der Waals surface area (Å²) < 4.78 is 18.6. The first kappa shape index (κ1) is 21.5. The van der Waals surface area contributed by atoms with Gasteiger partial charge in [-0.15, -0.1) is 0 Å². The third kappa shape index (κ3) is 3.47. The Morgan fingerprint density at radius 2 is 1.85 bits per heavy atom. The van der Waals surface area contributed by atoms with Crippen molar-refractivity contribution in [1.82, 2.24) is 14.5 Å². The first-order valence-electron chi connectivity index (χ1n) is 11.0. The zero-order valence-electron chi connectivity index (χ0n) is 19.9. The van der Waals surface area contributed by atoms with E-state index >= 15 is 0 Å². The summed E-state index contributed by atoms with van der Waals surface area (Å²) >= 11 is 0. The van der Waals surface area contributed by atoms with Gasteiger partial charge >= 0.3 is 0 Å². The molecule has 7 heteroatoms. The molecule has 0 saturated carbocycles. The minimum absolute atomic E-state index is 0.0525. The zero-order chi connectivity index (χ0) is 23.5. The van der Waals surface area contributed by atoms with E-state index in [1.165, 1.54) is 0 Å². The molecule has 7 nitrogen and oxygen atoms in total. The largest absolute Gasteiger partial charge is 0.496 e.